The van der Waals surface area contributed by atoms with Crippen molar-refractivity contribution in [1.82, 2.24) is 24.9 Å². The third-order valence-corrected chi connectivity index (χ3v) is 5.80. The average Bonchev–Trinajstić information content (AvgIpc) is 3.38. The van der Waals surface area contributed by atoms with E-state index in [0.717, 1.165) is 64.4 Å². The largest absolute Gasteiger partial charge is 0.375 e. The van der Waals surface area contributed by atoms with Gasteiger partial charge in [0.25, 0.3) is 0 Å². The highest BCUT2D eigenvalue weighted by Gasteiger charge is 2.39. The minimum atomic E-state index is 0.00799. The average molecular weight is 364 g/mol. The van der Waals surface area contributed by atoms with Gasteiger partial charge in [-0.15, -0.1) is 0 Å². The zero-order valence-corrected chi connectivity index (χ0v) is 16.4. The van der Waals surface area contributed by atoms with Crippen LogP contribution in [0.5, 0.6) is 0 Å². The van der Waals surface area contributed by atoms with Gasteiger partial charge in [0.1, 0.15) is 0 Å². The van der Waals surface area contributed by atoms with Crippen LogP contribution in [0.1, 0.15) is 31.7 Å². The number of amides is 1. The maximum absolute atomic E-state index is 13.1. The minimum absolute atomic E-state index is 0.00799. The van der Waals surface area contributed by atoms with Crippen LogP contribution in [0.2, 0.25) is 0 Å². The van der Waals surface area contributed by atoms with Crippen molar-refractivity contribution < 1.29 is 9.53 Å². The number of carbonyl (C=O) groups excluding carboxylic acids is 1. The van der Waals surface area contributed by atoms with Crippen molar-refractivity contribution in [3.8, 4) is 0 Å². The molecule has 7 nitrogen and oxygen atoms in total. The maximum atomic E-state index is 13.1. The number of nitrogens with one attached hydrogen (secondary N) is 1. The van der Waals surface area contributed by atoms with Crippen molar-refractivity contribution in [3.05, 3.63) is 18.0 Å². The molecule has 0 saturated carbocycles. The molecule has 146 valence electrons. The molecule has 7 heteroatoms. The number of ether oxygens (including phenoxy) is 1. The monoisotopic (exact) mass is 363 g/mol. The number of likely N-dealkylation sites (N-methyl/N-ethyl adjacent to an activating group) is 1. The van der Waals surface area contributed by atoms with Crippen molar-refractivity contribution >= 4 is 5.91 Å². The molecule has 3 heterocycles. The Morgan fingerprint density at radius 1 is 1.38 bits per heavy atom. The second-order valence-electron chi connectivity index (χ2n) is 7.41. The van der Waals surface area contributed by atoms with Gasteiger partial charge in [-0.2, -0.15) is 5.10 Å². The van der Waals surface area contributed by atoms with Gasteiger partial charge in [-0.1, -0.05) is 13.8 Å². The molecular formula is C19H33N5O2. The Morgan fingerprint density at radius 2 is 2.19 bits per heavy atom. The number of rotatable bonds is 8. The molecule has 2 saturated heterocycles. The summed E-state index contributed by atoms with van der Waals surface area (Å²) in [6.07, 6.45) is 5.05. The van der Waals surface area contributed by atoms with Crippen LogP contribution >= 0.6 is 0 Å². The van der Waals surface area contributed by atoms with Crippen LogP contribution in [0.15, 0.2) is 12.4 Å². The van der Waals surface area contributed by atoms with Crippen molar-refractivity contribution in [2.24, 2.45) is 13.0 Å². The molecule has 2 aliphatic rings. The summed E-state index contributed by atoms with van der Waals surface area (Å²) in [7, 11) is 1.92. The Morgan fingerprint density at radius 3 is 2.88 bits per heavy atom. The van der Waals surface area contributed by atoms with Gasteiger partial charge in [0.05, 0.1) is 24.8 Å². The van der Waals surface area contributed by atoms with E-state index in [1.165, 1.54) is 0 Å². The molecule has 26 heavy (non-hydrogen) atoms. The second kappa shape index (κ2) is 8.97. The summed E-state index contributed by atoms with van der Waals surface area (Å²) in [5.74, 6) is 0.492. The SMILES string of the molecule is CCN(CC)CCOC1CCN(C(=O)[C@H]2CNC[C@@H]2c2cnn(C)c2)C1. The van der Waals surface area contributed by atoms with E-state index in [1.807, 2.05) is 29.0 Å². The van der Waals surface area contributed by atoms with E-state index in [0.29, 0.717) is 0 Å². The fourth-order valence-corrected chi connectivity index (χ4v) is 4.11. The Hall–Kier alpha value is -1.44. The highest BCUT2D eigenvalue weighted by Crippen LogP contribution is 2.30. The highest BCUT2D eigenvalue weighted by atomic mass is 16.5. The zero-order valence-electron chi connectivity index (χ0n) is 16.4. The lowest BCUT2D eigenvalue weighted by Crippen LogP contribution is -2.38. The maximum Gasteiger partial charge on any atom is 0.227 e. The molecular weight excluding hydrogens is 330 g/mol. The van der Waals surface area contributed by atoms with Crippen molar-refractivity contribution in [2.75, 3.05) is 52.4 Å². The first-order valence-electron chi connectivity index (χ1n) is 9.94. The fourth-order valence-electron chi connectivity index (χ4n) is 4.11. The molecule has 3 rings (SSSR count). The van der Waals surface area contributed by atoms with Gasteiger partial charge in [0.2, 0.25) is 5.91 Å². The number of likely N-dealkylation sites (tertiary alicyclic amines) is 1. The van der Waals surface area contributed by atoms with E-state index in [1.54, 1.807) is 0 Å². The lowest BCUT2D eigenvalue weighted by molar-refractivity contribution is -0.134. The first-order valence-corrected chi connectivity index (χ1v) is 9.94. The van der Waals surface area contributed by atoms with E-state index in [-0.39, 0.29) is 23.8 Å². The number of hydrogen-bond acceptors (Lipinski definition) is 5. The number of hydrogen-bond donors (Lipinski definition) is 1. The molecule has 1 aromatic rings. The van der Waals surface area contributed by atoms with Crippen LogP contribution in [0.3, 0.4) is 0 Å². The normalized spacial score (nSPS) is 26.2. The predicted molar refractivity (Wildman–Crippen MR) is 101 cm³/mol. The molecule has 1 unspecified atom stereocenters. The molecule has 0 radical (unpaired) electrons. The van der Waals surface area contributed by atoms with E-state index >= 15 is 0 Å². The van der Waals surface area contributed by atoms with Crippen molar-refractivity contribution in [3.63, 3.8) is 0 Å². The number of aromatic nitrogens is 2. The zero-order chi connectivity index (χ0) is 18.5. The lowest BCUT2D eigenvalue weighted by atomic mass is 9.90. The smallest absolute Gasteiger partial charge is 0.227 e. The van der Waals surface area contributed by atoms with Crippen LogP contribution in [0, 0.1) is 5.92 Å². The first-order chi connectivity index (χ1) is 12.6. The predicted octanol–water partition coefficient (Wildman–Crippen LogP) is 0.682. The van der Waals surface area contributed by atoms with Gasteiger partial charge in [0, 0.05) is 51.9 Å². The van der Waals surface area contributed by atoms with Gasteiger partial charge in [-0.25, -0.2) is 0 Å². The van der Waals surface area contributed by atoms with Crippen molar-refractivity contribution in [2.45, 2.75) is 32.3 Å². The third kappa shape index (κ3) is 4.45. The summed E-state index contributed by atoms with van der Waals surface area (Å²) in [4.78, 5) is 17.4. The van der Waals surface area contributed by atoms with Gasteiger partial charge < -0.3 is 19.9 Å². The van der Waals surface area contributed by atoms with Crippen molar-refractivity contribution in [1.29, 1.82) is 0 Å². The van der Waals surface area contributed by atoms with Crippen LogP contribution in [-0.2, 0) is 16.6 Å². The lowest BCUT2D eigenvalue weighted by Gasteiger charge is -2.24. The van der Waals surface area contributed by atoms with E-state index in [4.69, 9.17) is 4.74 Å². The molecule has 0 aromatic carbocycles. The van der Waals surface area contributed by atoms with Crippen LogP contribution in [-0.4, -0.2) is 84.0 Å². The van der Waals surface area contributed by atoms with Gasteiger partial charge in [-0.3, -0.25) is 9.48 Å². The fraction of sp³-hybridized carbons (Fsp3) is 0.789. The standard InChI is InChI=1S/C19H33N5O2/c1-4-23(5-2)8-9-26-16-6-7-24(14-16)19(25)18-12-20-11-17(18)15-10-21-22(3)13-15/h10,13,16-18,20H,4-9,11-12,14H2,1-3H3/t16?,17-,18+/m1/s1. The summed E-state index contributed by atoms with van der Waals surface area (Å²) >= 11 is 0. The summed E-state index contributed by atoms with van der Waals surface area (Å²) in [5, 5.41) is 7.65. The summed E-state index contributed by atoms with van der Waals surface area (Å²) in [6.45, 7) is 11.3. The van der Waals surface area contributed by atoms with Crippen LogP contribution in [0.4, 0.5) is 0 Å². The Kier molecular flexibility index (Phi) is 6.67. The summed E-state index contributed by atoms with van der Waals surface area (Å²) < 4.78 is 7.84. The minimum Gasteiger partial charge on any atom is -0.375 e. The quantitative estimate of drug-likeness (QED) is 0.736. The van der Waals surface area contributed by atoms with Gasteiger partial charge in [-0.05, 0) is 25.1 Å². The molecule has 2 aliphatic heterocycles. The van der Waals surface area contributed by atoms with E-state index < -0.39 is 0 Å². The Labute approximate surface area is 156 Å². The van der Waals surface area contributed by atoms with Gasteiger partial charge >= 0.3 is 0 Å². The molecule has 1 amide bonds. The molecule has 1 N–H and O–H groups in total. The van der Waals surface area contributed by atoms with Crippen LogP contribution < -0.4 is 5.32 Å². The number of aryl methyl sites for hydroxylation is 1. The molecule has 0 aliphatic carbocycles. The Bertz CT molecular complexity index is 586. The van der Waals surface area contributed by atoms with E-state index in [2.05, 4.69) is 29.2 Å². The summed E-state index contributed by atoms with van der Waals surface area (Å²) in [6, 6.07) is 0. The third-order valence-electron chi connectivity index (χ3n) is 5.80. The number of nitrogens with zero attached hydrogens (tertiary/aromatic N) is 4. The molecule has 2 fully saturated rings. The summed E-state index contributed by atoms with van der Waals surface area (Å²) in [5.41, 5.74) is 1.15. The second-order valence-corrected chi connectivity index (χ2v) is 7.41. The number of carbonyl (C=O) groups is 1. The van der Waals surface area contributed by atoms with Crippen LogP contribution in [0.25, 0.3) is 0 Å². The van der Waals surface area contributed by atoms with Gasteiger partial charge in [0.15, 0.2) is 0 Å². The van der Waals surface area contributed by atoms with E-state index in [9.17, 15) is 4.79 Å². The molecule has 1 aromatic heterocycles. The molecule has 0 bridgehead atoms. The first kappa shape index (κ1) is 19.3. The molecule has 0 spiro atoms. The highest BCUT2D eigenvalue weighted by molar-refractivity contribution is 5.81. The Balaban J connectivity index is 1.49. The topological polar surface area (TPSA) is 62.6 Å². The molecule has 3 atom stereocenters.